The number of aliphatic hydroxyl groups is 1. The predicted octanol–water partition coefficient (Wildman–Crippen LogP) is 4.86. The number of fused-ring (bicyclic) bond motifs is 3. The summed E-state index contributed by atoms with van der Waals surface area (Å²) in [7, 11) is 3.08. The van der Waals surface area contributed by atoms with E-state index in [4.69, 9.17) is 9.47 Å². The Kier molecular flexibility index (Phi) is 5.09. The smallest absolute Gasteiger partial charge is 0.439 e. The van der Waals surface area contributed by atoms with Crippen molar-refractivity contribution in [3.63, 3.8) is 0 Å². The molecule has 3 aromatic rings. The van der Waals surface area contributed by atoms with E-state index in [9.17, 15) is 18.3 Å². The van der Waals surface area contributed by atoms with Gasteiger partial charge in [-0.15, -0.1) is 11.3 Å². The van der Waals surface area contributed by atoms with Crippen LogP contribution in [0.15, 0.2) is 52.9 Å². The molecule has 2 atom stereocenters. The molecule has 0 bridgehead atoms. The van der Waals surface area contributed by atoms with Crippen molar-refractivity contribution in [1.29, 1.82) is 0 Å². The summed E-state index contributed by atoms with van der Waals surface area (Å²) >= 11 is 0.999. The predicted molar refractivity (Wildman–Crippen MR) is 119 cm³/mol. The molecule has 0 amide bonds. The summed E-state index contributed by atoms with van der Waals surface area (Å²) < 4.78 is 53.4. The zero-order valence-electron chi connectivity index (χ0n) is 17.8. The van der Waals surface area contributed by atoms with Crippen molar-refractivity contribution in [1.82, 2.24) is 4.98 Å². The molecule has 5 rings (SSSR count). The molecule has 1 N–H and O–H groups in total. The van der Waals surface area contributed by atoms with Crippen molar-refractivity contribution in [2.24, 2.45) is 11.0 Å². The number of nitrogens with zero attached hydrogens (tertiary/aromatic N) is 3. The topological polar surface area (TPSA) is 67.2 Å². The molecule has 1 aliphatic carbocycles. The van der Waals surface area contributed by atoms with Crippen LogP contribution < -0.4 is 14.5 Å². The lowest BCUT2D eigenvalue weighted by atomic mass is 9.77. The summed E-state index contributed by atoms with van der Waals surface area (Å²) in [6.45, 7) is 0. The van der Waals surface area contributed by atoms with Crippen LogP contribution in [-0.4, -0.2) is 41.9 Å². The summed E-state index contributed by atoms with van der Waals surface area (Å²) in [6.07, 6.45) is -4.47. The molecule has 172 valence electrons. The lowest BCUT2D eigenvalue weighted by Crippen LogP contribution is -2.60. The lowest BCUT2D eigenvalue weighted by molar-refractivity contribution is -0.268. The van der Waals surface area contributed by atoms with Gasteiger partial charge in [-0.1, -0.05) is 0 Å². The monoisotopic (exact) mass is 475 g/mol. The number of hydrazone groups is 1. The van der Waals surface area contributed by atoms with E-state index in [2.05, 4.69) is 10.1 Å². The number of aryl methyl sites for hydroxylation is 1. The summed E-state index contributed by atoms with van der Waals surface area (Å²) in [5.41, 5.74) is -0.342. The number of aromatic nitrogens is 1. The Bertz CT molecular complexity index is 1230. The molecule has 2 aromatic carbocycles. The highest BCUT2D eigenvalue weighted by Gasteiger charge is 2.68. The first kappa shape index (κ1) is 21.7. The van der Waals surface area contributed by atoms with E-state index in [1.807, 2.05) is 0 Å². The second kappa shape index (κ2) is 7.74. The van der Waals surface area contributed by atoms with Crippen LogP contribution in [0.3, 0.4) is 0 Å². The van der Waals surface area contributed by atoms with Crippen LogP contribution in [0.1, 0.15) is 17.5 Å². The van der Waals surface area contributed by atoms with Gasteiger partial charge in [-0.25, -0.2) is 4.98 Å². The van der Waals surface area contributed by atoms with E-state index >= 15 is 0 Å². The highest BCUT2D eigenvalue weighted by atomic mass is 32.1. The van der Waals surface area contributed by atoms with E-state index in [0.717, 1.165) is 22.5 Å². The van der Waals surface area contributed by atoms with Crippen LogP contribution in [0, 0.1) is 5.92 Å². The zero-order chi connectivity index (χ0) is 23.4. The molecule has 0 fully saturated rings. The molecule has 10 heteroatoms. The normalized spacial score (nSPS) is 21.9. The highest BCUT2D eigenvalue weighted by molar-refractivity contribution is 7.14. The standard InChI is InChI=1S/C23H20F3N3O3S/c1-31-15-6-3-13(4-7-15)19-12-33-21(27-19)29-22(30,23(24,25)26)18-10-5-14-11-16(32-2)8-9-17(14)20(18)28-29/h3-4,6-9,11-12,18,30H,5,10H2,1-2H3/t18-,22+/m1/s1. The van der Waals surface area contributed by atoms with Gasteiger partial charge in [-0.3, -0.25) is 0 Å². The first-order chi connectivity index (χ1) is 15.8. The van der Waals surface area contributed by atoms with Crippen molar-refractivity contribution in [3.05, 3.63) is 59.0 Å². The number of thiazole rings is 1. The molecule has 1 aliphatic heterocycles. The third kappa shape index (κ3) is 3.36. The van der Waals surface area contributed by atoms with Crippen LogP contribution in [0.25, 0.3) is 11.3 Å². The number of hydrogen-bond acceptors (Lipinski definition) is 7. The van der Waals surface area contributed by atoms with E-state index < -0.39 is 17.8 Å². The van der Waals surface area contributed by atoms with Gasteiger partial charge in [0.15, 0.2) is 0 Å². The average Bonchev–Trinajstić information content (AvgIpc) is 3.42. The number of methoxy groups -OCH3 is 2. The van der Waals surface area contributed by atoms with E-state index in [0.29, 0.717) is 34.2 Å². The highest BCUT2D eigenvalue weighted by Crippen LogP contribution is 2.51. The maximum absolute atomic E-state index is 14.3. The largest absolute Gasteiger partial charge is 0.497 e. The number of anilines is 1. The number of hydrogen-bond donors (Lipinski definition) is 1. The Morgan fingerprint density at radius 1 is 1.09 bits per heavy atom. The Morgan fingerprint density at radius 3 is 2.45 bits per heavy atom. The number of halogens is 3. The zero-order valence-corrected chi connectivity index (χ0v) is 18.6. The second-order valence-electron chi connectivity index (χ2n) is 7.88. The lowest BCUT2D eigenvalue weighted by Gasteiger charge is -2.38. The number of ether oxygens (including phenoxy) is 2. The summed E-state index contributed by atoms with van der Waals surface area (Å²) in [5.74, 6) is 0.0514. The van der Waals surface area contributed by atoms with Crippen molar-refractivity contribution < 1.29 is 27.8 Å². The molecule has 1 aromatic heterocycles. The van der Waals surface area contributed by atoms with Crippen LogP contribution in [0.2, 0.25) is 0 Å². The van der Waals surface area contributed by atoms with E-state index in [1.54, 1.807) is 55.0 Å². The molecule has 2 aliphatic rings. The van der Waals surface area contributed by atoms with Crippen LogP contribution in [0.4, 0.5) is 18.3 Å². The summed E-state index contributed by atoms with van der Waals surface area (Å²) in [4.78, 5) is 4.38. The van der Waals surface area contributed by atoms with Gasteiger partial charge in [-0.2, -0.15) is 23.3 Å². The summed E-state index contributed by atoms with van der Waals surface area (Å²) in [6, 6.07) is 12.2. The number of alkyl halides is 3. The fourth-order valence-corrected chi connectivity index (χ4v) is 5.22. The first-order valence-corrected chi connectivity index (χ1v) is 11.1. The van der Waals surface area contributed by atoms with Gasteiger partial charge in [0.2, 0.25) is 5.13 Å². The quantitative estimate of drug-likeness (QED) is 0.584. The van der Waals surface area contributed by atoms with Crippen molar-refractivity contribution in [2.75, 3.05) is 19.2 Å². The van der Waals surface area contributed by atoms with Gasteiger partial charge in [0, 0.05) is 16.5 Å². The molecule has 6 nitrogen and oxygen atoms in total. The molecule has 0 unspecified atom stereocenters. The minimum Gasteiger partial charge on any atom is -0.497 e. The van der Waals surface area contributed by atoms with Gasteiger partial charge in [0.1, 0.15) is 11.5 Å². The van der Waals surface area contributed by atoms with Gasteiger partial charge < -0.3 is 14.6 Å². The maximum atomic E-state index is 14.3. The third-order valence-electron chi connectivity index (χ3n) is 6.11. The van der Waals surface area contributed by atoms with Gasteiger partial charge in [0.25, 0.3) is 5.72 Å². The van der Waals surface area contributed by atoms with Gasteiger partial charge in [0.05, 0.1) is 31.5 Å². The molecule has 2 heterocycles. The Balaban J connectivity index is 1.58. The molecule has 0 spiro atoms. The molecular formula is C23H20F3N3O3S. The number of rotatable bonds is 4. The van der Waals surface area contributed by atoms with Gasteiger partial charge >= 0.3 is 6.18 Å². The van der Waals surface area contributed by atoms with Crippen LogP contribution in [0.5, 0.6) is 11.5 Å². The SMILES string of the molecule is COc1ccc(-c2csc(N3N=C4c5ccc(OC)cc5CC[C@H]4[C@]3(O)C(F)(F)F)n2)cc1. The fraction of sp³-hybridized carbons (Fsp3) is 0.304. The average molecular weight is 475 g/mol. The van der Waals surface area contributed by atoms with Crippen molar-refractivity contribution >= 4 is 22.2 Å². The van der Waals surface area contributed by atoms with Gasteiger partial charge in [-0.05, 0) is 60.9 Å². The molecular weight excluding hydrogens is 455 g/mol. The molecule has 33 heavy (non-hydrogen) atoms. The summed E-state index contributed by atoms with van der Waals surface area (Å²) in [5, 5.41) is 17.7. The second-order valence-corrected chi connectivity index (χ2v) is 8.72. The van der Waals surface area contributed by atoms with Crippen molar-refractivity contribution in [3.8, 4) is 22.8 Å². The molecule has 0 saturated carbocycles. The Morgan fingerprint density at radius 2 is 1.79 bits per heavy atom. The molecule has 0 saturated heterocycles. The maximum Gasteiger partial charge on any atom is 0.439 e. The van der Waals surface area contributed by atoms with E-state index in [1.165, 1.54) is 7.11 Å². The minimum absolute atomic E-state index is 0.0300. The third-order valence-corrected chi connectivity index (χ3v) is 6.93. The Labute approximate surface area is 191 Å². The fourth-order valence-electron chi connectivity index (χ4n) is 4.39. The number of benzene rings is 2. The molecule has 0 radical (unpaired) electrons. The van der Waals surface area contributed by atoms with Crippen LogP contribution >= 0.6 is 11.3 Å². The van der Waals surface area contributed by atoms with E-state index in [-0.39, 0.29) is 17.3 Å². The van der Waals surface area contributed by atoms with Crippen molar-refractivity contribution in [2.45, 2.75) is 24.7 Å². The Hall–Kier alpha value is -3.11. The minimum atomic E-state index is -4.95. The van der Waals surface area contributed by atoms with Crippen LogP contribution in [-0.2, 0) is 6.42 Å². The first-order valence-electron chi connectivity index (χ1n) is 10.2.